The summed E-state index contributed by atoms with van der Waals surface area (Å²) in [6.07, 6.45) is 1.33. The van der Waals surface area contributed by atoms with Gasteiger partial charge in [0.2, 0.25) is 10.0 Å². The van der Waals surface area contributed by atoms with E-state index in [0.29, 0.717) is 4.31 Å². The maximum atomic E-state index is 12.8. The fourth-order valence-corrected chi connectivity index (χ4v) is 3.60. The fourth-order valence-electron chi connectivity index (χ4n) is 2.00. The van der Waals surface area contributed by atoms with Crippen molar-refractivity contribution in [3.8, 4) is 0 Å². The van der Waals surface area contributed by atoms with Crippen molar-refractivity contribution in [1.29, 1.82) is 0 Å². The van der Waals surface area contributed by atoms with Gasteiger partial charge in [-0.2, -0.15) is 4.31 Å². The van der Waals surface area contributed by atoms with Gasteiger partial charge in [-0.3, -0.25) is 14.9 Å². The molecule has 2 aromatic rings. The maximum Gasteiger partial charge on any atom is 0.321 e. The predicted octanol–water partition coefficient (Wildman–Crippen LogP) is 1.85. The van der Waals surface area contributed by atoms with Gasteiger partial charge in [-0.15, -0.1) is 0 Å². The molecule has 1 heterocycles. The molecule has 1 aromatic heterocycles. The molecule has 1 N–H and O–H groups in total. The Morgan fingerprint density at radius 1 is 1.38 bits per heavy atom. The van der Waals surface area contributed by atoms with Crippen LogP contribution < -0.4 is 0 Å². The number of rotatable bonds is 7. The number of aliphatic carboxylic acids is 1. The van der Waals surface area contributed by atoms with Crippen molar-refractivity contribution in [2.75, 3.05) is 0 Å². The first kappa shape index (κ1) is 17.6. The fraction of sp³-hybridized carbons (Fsp3) is 0.214. The van der Waals surface area contributed by atoms with Crippen molar-refractivity contribution in [1.82, 2.24) is 4.31 Å². The molecule has 0 amide bonds. The number of nitrogens with zero attached hydrogens (tertiary/aromatic N) is 2. The normalized spacial score (nSPS) is 12.9. The van der Waals surface area contributed by atoms with Crippen molar-refractivity contribution in [2.45, 2.75) is 24.4 Å². The number of benzene rings is 1. The molecule has 1 aromatic carbocycles. The Labute approximate surface area is 137 Å². The number of hydrogen-bond donors (Lipinski definition) is 1. The number of sulfonamides is 1. The summed E-state index contributed by atoms with van der Waals surface area (Å²) in [6.45, 7) is 0.895. The molecule has 0 aliphatic rings. The van der Waals surface area contributed by atoms with Crippen molar-refractivity contribution < 1.29 is 27.7 Å². The summed E-state index contributed by atoms with van der Waals surface area (Å²) in [5.41, 5.74) is -0.406. The van der Waals surface area contributed by atoms with Crippen LogP contribution >= 0.6 is 0 Å². The van der Waals surface area contributed by atoms with E-state index in [-0.39, 0.29) is 17.2 Å². The lowest BCUT2D eigenvalue weighted by Gasteiger charge is -2.24. The molecule has 0 aliphatic heterocycles. The van der Waals surface area contributed by atoms with Crippen LogP contribution in [0.3, 0.4) is 0 Å². The lowest BCUT2D eigenvalue weighted by atomic mass is 10.3. The van der Waals surface area contributed by atoms with Gasteiger partial charge in [0.15, 0.2) is 0 Å². The van der Waals surface area contributed by atoms with Gasteiger partial charge in [0.05, 0.1) is 22.6 Å². The monoisotopic (exact) mass is 354 g/mol. The molecule has 128 valence electrons. The number of carboxylic acid groups (broad SMARTS) is 1. The van der Waals surface area contributed by atoms with E-state index in [2.05, 4.69) is 0 Å². The first-order valence-corrected chi connectivity index (χ1v) is 8.19. The third kappa shape index (κ3) is 3.60. The zero-order valence-electron chi connectivity index (χ0n) is 12.5. The number of carboxylic acids is 1. The molecule has 1 atom stereocenters. The number of nitro benzene ring substituents is 1. The highest BCUT2D eigenvalue weighted by Gasteiger charge is 2.34. The Hall–Kier alpha value is -2.72. The summed E-state index contributed by atoms with van der Waals surface area (Å²) in [5, 5.41) is 20.0. The molecule has 2 rings (SSSR count). The van der Waals surface area contributed by atoms with Crippen LogP contribution in [0.4, 0.5) is 5.69 Å². The van der Waals surface area contributed by atoms with Gasteiger partial charge < -0.3 is 9.52 Å². The molecule has 9 nitrogen and oxygen atoms in total. The van der Waals surface area contributed by atoms with Gasteiger partial charge in [0, 0.05) is 12.1 Å². The minimum Gasteiger partial charge on any atom is -0.480 e. The quantitative estimate of drug-likeness (QED) is 0.593. The van der Waals surface area contributed by atoms with E-state index in [4.69, 9.17) is 4.42 Å². The second kappa shape index (κ2) is 6.81. The van der Waals surface area contributed by atoms with E-state index in [1.165, 1.54) is 31.4 Å². The van der Waals surface area contributed by atoms with Crippen LogP contribution in [-0.4, -0.2) is 34.8 Å². The smallest absolute Gasteiger partial charge is 0.321 e. The molecule has 0 spiro atoms. The highest BCUT2D eigenvalue weighted by molar-refractivity contribution is 7.89. The molecule has 0 saturated heterocycles. The summed E-state index contributed by atoms with van der Waals surface area (Å²) in [7, 11) is -4.29. The average molecular weight is 354 g/mol. The van der Waals surface area contributed by atoms with Crippen molar-refractivity contribution in [3.63, 3.8) is 0 Å². The Kier molecular flexibility index (Phi) is 5.00. The summed E-state index contributed by atoms with van der Waals surface area (Å²) in [5.74, 6) is -1.10. The third-order valence-corrected chi connectivity index (χ3v) is 5.23. The molecule has 0 aliphatic carbocycles. The second-order valence-electron chi connectivity index (χ2n) is 4.90. The van der Waals surface area contributed by atoms with Gasteiger partial charge in [-0.1, -0.05) is 6.07 Å². The standard InChI is InChI=1S/C14H14N2O7S/c1-10(14(17)18)15(9-12-5-3-7-23-12)24(21,22)13-6-2-4-11(8-13)16(19)20/h2-8,10H,9H2,1H3,(H,17,18). The van der Waals surface area contributed by atoms with E-state index in [1.54, 1.807) is 6.07 Å². The maximum absolute atomic E-state index is 12.8. The van der Waals surface area contributed by atoms with Crippen LogP contribution in [0.25, 0.3) is 0 Å². The van der Waals surface area contributed by atoms with Crippen LogP contribution in [0.5, 0.6) is 0 Å². The van der Waals surface area contributed by atoms with Crippen molar-refractivity contribution in [3.05, 3.63) is 58.5 Å². The Morgan fingerprint density at radius 3 is 2.62 bits per heavy atom. The first-order valence-electron chi connectivity index (χ1n) is 6.75. The highest BCUT2D eigenvalue weighted by Crippen LogP contribution is 2.24. The van der Waals surface area contributed by atoms with Gasteiger partial charge in [0.1, 0.15) is 11.8 Å². The summed E-state index contributed by atoms with van der Waals surface area (Å²) in [4.78, 5) is 21.0. The molecule has 0 radical (unpaired) electrons. The molecule has 24 heavy (non-hydrogen) atoms. The lowest BCUT2D eigenvalue weighted by molar-refractivity contribution is -0.385. The number of carbonyl (C=O) groups is 1. The SMILES string of the molecule is CC(C(=O)O)N(Cc1ccco1)S(=O)(=O)c1cccc([N+](=O)[O-])c1. The zero-order valence-corrected chi connectivity index (χ0v) is 13.3. The molecule has 1 unspecified atom stereocenters. The largest absolute Gasteiger partial charge is 0.480 e. The number of nitro groups is 1. The van der Waals surface area contributed by atoms with Gasteiger partial charge in [-0.05, 0) is 25.1 Å². The molecule has 0 saturated carbocycles. The van der Waals surface area contributed by atoms with E-state index in [1.807, 2.05) is 0 Å². The lowest BCUT2D eigenvalue weighted by Crippen LogP contribution is -2.42. The van der Waals surface area contributed by atoms with Crippen LogP contribution in [0.2, 0.25) is 0 Å². The van der Waals surface area contributed by atoms with Crippen LogP contribution in [0.1, 0.15) is 12.7 Å². The van der Waals surface area contributed by atoms with Crippen molar-refractivity contribution in [2.24, 2.45) is 0 Å². The molecular weight excluding hydrogens is 340 g/mol. The molecule has 0 bridgehead atoms. The van der Waals surface area contributed by atoms with Crippen LogP contribution in [0.15, 0.2) is 52.0 Å². The average Bonchev–Trinajstić information content (AvgIpc) is 3.05. The van der Waals surface area contributed by atoms with E-state index in [0.717, 1.165) is 12.1 Å². The summed E-state index contributed by atoms with van der Waals surface area (Å²) >= 11 is 0. The Bertz CT molecular complexity index is 846. The van der Waals surface area contributed by atoms with E-state index in [9.17, 15) is 28.4 Å². The predicted molar refractivity (Wildman–Crippen MR) is 81.6 cm³/mol. The van der Waals surface area contributed by atoms with E-state index < -0.39 is 32.6 Å². The highest BCUT2D eigenvalue weighted by atomic mass is 32.2. The number of hydrogen-bond acceptors (Lipinski definition) is 6. The minimum atomic E-state index is -4.29. The Morgan fingerprint density at radius 2 is 2.08 bits per heavy atom. The molecule has 10 heteroatoms. The van der Waals surface area contributed by atoms with E-state index >= 15 is 0 Å². The third-order valence-electron chi connectivity index (χ3n) is 3.32. The number of furan rings is 1. The minimum absolute atomic E-state index is 0.247. The van der Waals surface area contributed by atoms with Crippen molar-refractivity contribution >= 4 is 21.7 Å². The Balaban J connectivity index is 2.48. The van der Waals surface area contributed by atoms with Gasteiger partial charge in [-0.25, -0.2) is 8.42 Å². The first-order chi connectivity index (χ1) is 11.2. The van der Waals surface area contributed by atoms with Crippen LogP contribution in [0, 0.1) is 10.1 Å². The summed E-state index contributed by atoms with van der Waals surface area (Å²) < 4.78 is 31.4. The number of non-ortho nitro benzene ring substituents is 1. The summed E-state index contributed by atoms with van der Waals surface area (Å²) in [6, 6.07) is 6.09. The second-order valence-corrected chi connectivity index (χ2v) is 6.79. The molecular formula is C14H14N2O7S. The topological polar surface area (TPSA) is 131 Å². The van der Waals surface area contributed by atoms with Gasteiger partial charge >= 0.3 is 5.97 Å². The van der Waals surface area contributed by atoms with Gasteiger partial charge in [0.25, 0.3) is 5.69 Å². The van der Waals surface area contributed by atoms with Crippen LogP contribution in [-0.2, 0) is 21.4 Å². The zero-order chi connectivity index (χ0) is 17.9. The molecule has 0 fully saturated rings.